The highest BCUT2D eigenvalue weighted by Gasteiger charge is 2.15. The van der Waals surface area contributed by atoms with Crippen molar-refractivity contribution in [3.05, 3.63) is 29.4 Å². The number of nitrogens with zero attached hydrogens (tertiary/aromatic N) is 3. The Kier molecular flexibility index (Phi) is 3.64. The summed E-state index contributed by atoms with van der Waals surface area (Å²) < 4.78 is 0. The van der Waals surface area contributed by atoms with E-state index in [1.165, 1.54) is 25.3 Å². The summed E-state index contributed by atoms with van der Waals surface area (Å²) in [6.07, 6.45) is 5.32. The molecule has 0 aliphatic carbocycles. The zero-order valence-corrected chi connectivity index (χ0v) is 11.8. The molecule has 2 aromatic rings. The Morgan fingerprint density at radius 2 is 2.05 bits per heavy atom. The van der Waals surface area contributed by atoms with Crippen LogP contribution in [0.1, 0.15) is 29.8 Å². The van der Waals surface area contributed by atoms with Crippen LogP contribution in [0.3, 0.4) is 0 Å². The van der Waals surface area contributed by atoms with Gasteiger partial charge in [0.1, 0.15) is 5.69 Å². The molecule has 1 saturated heterocycles. The maximum absolute atomic E-state index is 10.8. The van der Waals surface area contributed by atoms with Crippen molar-refractivity contribution in [2.45, 2.75) is 19.3 Å². The average Bonchev–Trinajstić information content (AvgIpc) is 2.98. The molecule has 2 aromatic heterocycles. The van der Waals surface area contributed by atoms with Crippen LogP contribution in [0.25, 0.3) is 11.3 Å². The van der Waals surface area contributed by atoms with Crippen molar-refractivity contribution in [3.63, 3.8) is 0 Å². The van der Waals surface area contributed by atoms with Crippen molar-refractivity contribution < 1.29 is 9.90 Å². The summed E-state index contributed by atoms with van der Waals surface area (Å²) in [4.78, 5) is 21.7. The third-order valence-corrected chi connectivity index (χ3v) is 4.30. The van der Waals surface area contributed by atoms with Crippen molar-refractivity contribution in [2.24, 2.45) is 0 Å². The Hall–Kier alpha value is -1.95. The Bertz CT molecular complexity index is 603. The van der Waals surface area contributed by atoms with E-state index in [9.17, 15) is 4.79 Å². The first-order valence-corrected chi connectivity index (χ1v) is 7.52. The van der Waals surface area contributed by atoms with Gasteiger partial charge in [0.15, 0.2) is 5.13 Å². The van der Waals surface area contributed by atoms with Crippen LogP contribution in [-0.2, 0) is 0 Å². The molecular weight excluding hydrogens is 274 g/mol. The van der Waals surface area contributed by atoms with E-state index in [-0.39, 0.29) is 5.69 Å². The molecule has 0 radical (unpaired) electrons. The van der Waals surface area contributed by atoms with E-state index in [4.69, 9.17) is 5.11 Å². The van der Waals surface area contributed by atoms with Gasteiger partial charge in [-0.1, -0.05) is 0 Å². The molecule has 3 heterocycles. The minimum atomic E-state index is -1.01. The van der Waals surface area contributed by atoms with Crippen LogP contribution in [0.4, 0.5) is 5.13 Å². The van der Waals surface area contributed by atoms with Gasteiger partial charge in [-0.3, -0.25) is 0 Å². The third kappa shape index (κ3) is 2.65. The number of aromatic nitrogens is 2. The first-order chi connectivity index (χ1) is 9.74. The number of aromatic carboxylic acids is 1. The monoisotopic (exact) mass is 289 g/mol. The van der Waals surface area contributed by atoms with E-state index in [0.29, 0.717) is 0 Å². The molecule has 0 aromatic carbocycles. The number of carboxylic acids is 1. The molecule has 6 heteroatoms. The number of thiazole rings is 1. The zero-order chi connectivity index (χ0) is 13.9. The van der Waals surface area contributed by atoms with Crippen LogP contribution in [0.5, 0.6) is 0 Å². The fourth-order valence-electron chi connectivity index (χ4n) is 2.30. The molecule has 0 spiro atoms. The topological polar surface area (TPSA) is 66.3 Å². The minimum Gasteiger partial charge on any atom is -0.477 e. The molecular formula is C14H15N3O2S. The van der Waals surface area contributed by atoms with E-state index < -0.39 is 5.97 Å². The van der Waals surface area contributed by atoms with Crippen LogP contribution >= 0.6 is 11.3 Å². The van der Waals surface area contributed by atoms with E-state index in [1.807, 2.05) is 5.38 Å². The molecule has 104 valence electrons. The number of piperidine rings is 1. The molecule has 1 fully saturated rings. The van der Waals surface area contributed by atoms with Gasteiger partial charge in [0.2, 0.25) is 0 Å². The van der Waals surface area contributed by atoms with E-state index >= 15 is 0 Å². The predicted octanol–water partition coefficient (Wildman–Crippen LogP) is 2.89. The summed E-state index contributed by atoms with van der Waals surface area (Å²) in [7, 11) is 0. The lowest BCUT2D eigenvalue weighted by molar-refractivity contribution is 0.0690. The van der Waals surface area contributed by atoms with Crippen LogP contribution in [0, 0.1) is 0 Å². The summed E-state index contributed by atoms with van der Waals surface area (Å²) in [6, 6.07) is 3.27. The highest BCUT2D eigenvalue weighted by atomic mass is 32.1. The number of hydrogen-bond acceptors (Lipinski definition) is 5. The van der Waals surface area contributed by atoms with Gasteiger partial charge in [-0.05, 0) is 31.4 Å². The number of carboxylic acid groups (broad SMARTS) is 1. The third-order valence-electron chi connectivity index (χ3n) is 3.40. The Morgan fingerprint density at radius 1 is 1.25 bits per heavy atom. The molecule has 0 bridgehead atoms. The zero-order valence-electron chi connectivity index (χ0n) is 11.0. The Labute approximate surface area is 120 Å². The Balaban J connectivity index is 1.80. The summed E-state index contributed by atoms with van der Waals surface area (Å²) in [5, 5.41) is 11.9. The van der Waals surface area contributed by atoms with Crippen molar-refractivity contribution in [3.8, 4) is 11.3 Å². The van der Waals surface area contributed by atoms with Gasteiger partial charge < -0.3 is 10.0 Å². The predicted molar refractivity (Wildman–Crippen MR) is 78.4 cm³/mol. The molecule has 3 rings (SSSR count). The van der Waals surface area contributed by atoms with Gasteiger partial charge in [-0.2, -0.15) is 0 Å². The minimum absolute atomic E-state index is 0.0558. The second-order valence-corrected chi connectivity index (χ2v) is 5.64. The van der Waals surface area contributed by atoms with Crippen molar-refractivity contribution in [1.29, 1.82) is 0 Å². The fraction of sp³-hybridized carbons (Fsp3) is 0.357. The SMILES string of the molecule is O=C(O)c1ccc(-c2csc(N3CCCCC3)n2)cn1. The summed E-state index contributed by atoms with van der Waals surface area (Å²) >= 11 is 1.63. The van der Waals surface area contributed by atoms with Gasteiger partial charge >= 0.3 is 5.97 Å². The average molecular weight is 289 g/mol. The van der Waals surface area contributed by atoms with E-state index in [0.717, 1.165) is 29.5 Å². The molecule has 0 saturated carbocycles. The maximum Gasteiger partial charge on any atom is 0.354 e. The Morgan fingerprint density at radius 3 is 2.70 bits per heavy atom. The summed E-state index contributed by atoms with van der Waals surface area (Å²) in [6.45, 7) is 2.15. The molecule has 1 N–H and O–H groups in total. The van der Waals surface area contributed by atoms with Crippen molar-refractivity contribution in [2.75, 3.05) is 18.0 Å². The number of carbonyl (C=O) groups is 1. The lowest BCUT2D eigenvalue weighted by Crippen LogP contribution is -2.29. The lowest BCUT2D eigenvalue weighted by Gasteiger charge is -2.25. The van der Waals surface area contributed by atoms with Crippen molar-refractivity contribution in [1.82, 2.24) is 9.97 Å². The molecule has 0 amide bonds. The van der Waals surface area contributed by atoms with Crippen LogP contribution in [0.2, 0.25) is 0 Å². The quantitative estimate of drug-likeness (QED) is 0.941. The summed E-state index contributed by atoms with van der Waals surface area (Å²) in [5.74, 6) is -1.01. The van der Waals surface area contributed by atoms with Gasteiger partial charge in [-0.25, -0.2) is 14.8 Å². The molecule has 1 aliphatic heterocycles. The maximum atomic E-state index is 10.8. The van der Waals surface area contributed by atoms with Crippen LogP contribution in [0.15, 0.2) is 23.7 Å². The van der Waals surface area contributed by atoms with Gasteiger partial charge in [0.25, 0.3) is 0 Å². The van der Waals surface area contributed by atoms with Gasteiger partial charge in [0.05, 0.1) is 5.69 Å². The fourth-order valence-corrected chi connectivity index (χ4v) is 3.19. The smallest absolute Gasteiger partial charge is 0.354 e. The molecule has 1 aliphatic rings. The lowest BCUT2D eigenvalue weighted by atomic mass is 10.1. The van der Waals surface area contributed by atoms with Crippen LogP contribution < -0.4 is 4.90 Å². The second kappa shape index (κ2) is 5.58. The highest BCUT2D eigenvalue weighted by molar-refractivity contribution is 7.14. The van der Waals surface area contributed by atoms with Crippen molar-refractivity contribution >= 4 is 22.4 Å². The molecule has 0 unspecified atom stereocenters. The van der Waals surface area contributed by atoms with Gasteiger partial charge in [-0.15, -0.1) is 11.3 Å². The number of anilines is 1. The van der Waals surface area contributed by atoms with Crippen LogP contribution in [-0.4, -0.2) is 34.1 Å². The first-order valence-electron chi connectivity index (χ1n) is 6.64. The molecule has 0 atom stereocenters. The van der Waals surface area contributed by atoms with Gasteiger partial charge in [0, 0.05) is 30.2 Å². The highest BCUT2D eigenvalue weighted by Crippen LogP contribution is 2.28. The standard InChI is InChI=1S/C14H15N3O2S/c18-13(19)11-5-4-10(8-15-11)12-9-20-14(16-12)17-6-2-1-3-7-17/h4-5,8-9H,1-3,6-7H2,(H,18,19). The largest absolute Gasteiger partial charge is 0.477 e. The number of rotatable bonds is 3. The number of pyridine rings is 1. The normalized spacial score (nSPS) is 15.3. The summed E-state index contributed by atoms with van der Waals surface area (Å²) in [5.41, 5.74) is 1.77. The van der Waals surface area contributed by atoms with E-state index in [1.54, 1.807) is 23.6 Å². The second-order valence-electron chi connectivity index (χ2n) is 4.80. The first kappa shape index (κ1) is 13.1. The van der Waals surface area contributed by atoms with E-state index in [2.05, 4.69) is 14.9 Å². The number of hydrogen-bond donors (Lipinski definition) is 1. The molecule has 20 heavy (non-hydrogen) atoms. The molecule has 5 nitrogen and oxygen atoms in total.